The Morgan fingerprint density at radius 2 is 2.26 bits per heavy atom. The van der Waals surface area contributed by atoms with Crippen LogP contribution in [0.3, 0.4) is 0 Å². The first-order valence-corrected chi connectivity index (χ1v) is 6.91. The summed E-state index contributed by atoms with van der Waals surface area (Å²) in [7, 11) is 1.65. The average Bonchev–Trinajstić information content (AvgIpc) is 2.43. The molecular weight excluding hydrogens is 310 g/mol. The molecule has 0 unspecified atom stereocenters. The third kappa shape index (κ3) is 5.08. The Morgan fingerprint density at radius 3 is 2.79 bits per heavy atom. The van der Waals surface area contributed by atoms with Crippen molar-refractivity contribution in [1.82, 2.24) is 4.90 Å². The summed E-state index contributed by atoms with van der Waals surface area (Å²) in [5, 5.41) is 11.5. The molecule has 1 rings (SSSR count). The van der Waals surface area contributed by atoms with Gasteiger partial charge in [0.25, 0.3) is 0 Å². The molecule has 19 heavy (non-hydrogen) atoms. The SMILES string of the molecule is CCN(CCC(N)=NO)Cc1ccc(OC)c(Br)c1. The summed E-state index contributed by atoms with van der Waals surface area (Å²) < 4.78 is 6.15. The van der Waals surface area contributed by atoms with E-state index in [0.29, 0.717) is 6.42 Å². The highest BCUT2D eigenvalue weighted by Crippen LogP contribution is 2.26. The van der Waals surface area contributed by atoms with Gasteiger partial charge in [0.15, 0.2) is 0 Å². The molecule has 0 bridgehead atoms. The van der Waals surface area contributed by atoms with E-state index in [4.69, 9.17) is 15.7 Å². The van der Waals surface area contributed by atoms with Gasteiger partial charge in [0.2, 0.25) is 0 Å². The summed E-state index contributed by atoms with van der Waals surface area (Å²) in [4.78, 5) is 2.23. The highest BCUT2D eigenvalue weighted by molar-refractivity contribution is 9.10. The van der Waals surface area contributed by atoms with Gasteiger partial charge in [0.05, 0.1) is 11.6 Å². The van der Waals surface area contributed by atoms with E-state index in [2.05, 4.69) is 32.9 Å². The lowest BCUT2D eigenvalue weighted by atomic mass is 10.2. The Morgan fingerprint density at radius 1 is 1.53 bits per heavy atom. The third-order valence-corrected chi connectivity index (χ3v) is 3.50. The molecule has 0 fully saturated rings. The summed E-state index contributed by atoms with van der Waals surface area (Å²) in [5.74, 6) is 1.08. The average molecular weight is 330 g/mol. The van der Waals surface area contributed by atoms with Crippen LogP contribution in [0.15, 0.2) is 27.8 Å². The second-order valence-electron chi connectivity index (χ2n) is 4.18. The lowest BCUT2D eigenvalue weighted by molar-refractivity contribution is 0.283. The van der Waals surface area contributed by atoms with E-state index < -0.39 is 0 Å². The molecule has 0 aromatic heterocycles. The highest BCUT2D eigenvalue weighted by Gasteiger charge is 2.07. The molecule has 1 aromatic rings. The van der Waals surface area contributed by atoms with Crippen LogP contribution in [0.2, 0.25) is 0 Å². The number of rotatable bonds is 7. The molecule has 0 saturated heterocycles. The molecule has 106 valence electrons. The number of nitrogens with zero attached hydrogens (tertiary/aromatic N) is 2. The Bertz CT molecular complexity index is 438. The molecular formula is C13H20BrN3O2. The van der Waals surface area contributed by atoms with Crippen LogP contribution in [0.5, 0.6) is 5.75 Å². The minimum absolute atomic E-state index is 0.259. The van der Waals surface area contributed by atoms with Crippen molar-refractivity contribution < 1.29 is 9.94 Å². The van der Waals surface area contributed by atoms with Crippen molar-refractivity contribution in [3.63, 3.8) is 0 Å². The van der Waals surface area contributed by atoms with Gasteiger partial charge in [-0.05, 0) is 40.2 Å². The fourth-order valence-corrected chi connectivity index (χ4v) is 2.33. The van der Waals surface area contributed by atoms with E-state index in [1.807, 2.05) is 18.2 Å². The molecule has 5 nitrogen and oxygen atoms in total. The number of ether oxygens (including phenoxy) is 1. The number of amidine groups is 1. The lowest BCUT2D eigenvalue weighted by Crippen LogP contribution is -2.27. The van der Waals surface area contributed by atoms with Gasteiger partial charge in [-0.25, -0.2) is 0 Å². The summed E-state index contributed by atoms with van der Waals surface area (Å²) in [5.41, 5.74) is 6.67. The second kappa shape index (κ2) is 8.01. The number of nitrogens with two attached hydrogens (primary N) is 1. The van der Waals surface area contributed by atoms with E-state index in [-0.39, 0.29) is 5.84 Å². The predicted octanol–water partition coefficient (Wildman–Crippen LogP) is 2.42. The zero-order valence-corrected chi connectivity index (χ0v) is 12.9. The molecule has 1 aromatic carbocycles. The molecule has 0 aliphatic carbocycles. The third-order valence-electron chi connectivity index (χ3n) is 2.88. The largest absolute Gasteiger partial charge is 0.496 e. The van der Waals surface area contributed by atoms with Gasteiger partial charge in [-0.2, -0.15) is 0 Å². The maximum Gasteiger partial charge on any atom is 0.140 e. The van der Waals surface area contributed by atoms with Crippen molar-refractivity contribution in [2.75, 3.05) is 20.2 Å². The number of hydrogen-bond acceptors (Lipinski definition) is 4. The number of halogens is 1. The quantitative estimate of drug-likeness (QED) is 0.349. The molecule has 0 amide bonds. The van der Waals surface area contributed by atoms with Crippen molar-refractivity contribution in [3.05, 3.63) is 28.2 Å². The van der Waals surface area contributed by atoms with Crippen LogP contribution >= 0.6 is 15.9 Å². The van der Waals surface area contributed by atoms with Crippen LogP contribution < -0.4 is 10.5 Å². The number of hydrogen-bond donors (Lipinski definition) is 2. The summed E-state index contributed by atoms with van der Waals surface area (Å²) >= 11 is 3.48. The first-order valence-electron chi connectivity index (χ1n) is 6.11. The van der Waals surface area contributed by atoms with Gasteiger partial charge in [-0.15, -0.1) is 0 Å². The summed E-state index contributed by atoms with van der Waals surface area (Å²) in [6.07, 6.45) is 0.557. The Hall–Kier alpha value is -1.27. The van der Waals surface area contributed by atoms with Crippen LogP contribution in [0.1, 0.15) is 18.9 Å². The Kier molecular flexibility index (Phi) is 6.66. The molecule has 3 N–H and O–H groups in total. The first kappa shape index (κ1) is 15.8. The van der Waals surface area contributed by atoms with E-state index in [1.54, 1.807) is 7.11 Å². The van der Waals surface area contributed by atoms with Crippen LogP contribution in [0.4, 0.5) is 0 Å². The minimum Gasteiger partial charge on any atom is -0.496 e. The van der Waals surface area contributed by atoms with Crippen LogP contribution in [-0.2, 0) is 6.54 Å². The fourth-order valence-electron chi connectivity index (χ4n) is 1.74. The molecule has 0 heterocycles. The van der Waals surface area contributed by atoms with Crippen LogP contribution in [-0.4, -0.2) is 36.1 Å². The Balaban J connectivity index is 2.62. The molecule has 0 radical (unpaired) electrons. The van der Waals surface area contributed by atoms with Crippen molar-refractivity contribution in [2.24, 2.45) is 10.9 Å². The molecule has 0 spiro atoms. The number of methoxy groups -OCH3 is 1. The van der Waals surface area contributed by atoms with Gasteiger partial charge in [0.1, 0.15) is 11.6 Å². The standard InChI is InChI=1S/C13H20BrN3O2/c1-3-17(7-6-13(15)16-18)9-10-4-5-12(19-2)11(14)8-10/h4-5,8,18H,3,6-7,9H2,1-2H3,(H2,15,16). The van der Waals surface area contributed by atoms with Crippen molar-refractivity contribution in [3.8, 4) is 5.75 Å². The maximum absolute atomic E-state index is 8.53. The molecule has 6 heteroatoms. The Labute approximate surface area is 122 Å². The van der Waals surface area contributed by atoms with E-state index in [0.717, 1.165) is 29.9 Å². The maximum atomic E-state index is 8.53. The van der Waals surface area contributed by atoms with Gasteiger partial charge in [-0.1, -0.05) is 18.1 Å². The van der Waals surface area contributed by atoms with E-state index in [9.17, 15) is 0 Å². The minimum atomic E-state index is 0.259. The summed E-state index contributed by atoms with van der Waals surface area (Å²) in [6, 6.07) is 6.03. The van der Waals surface area contributed by atoms with Crippen molar-refractivity contribution in [1.29, 1.82) is 0 Å². The zero-order chi connectivity index (χ0) is 14.3. The fraction of sp³-hybridized carbons (Fsp3) is 0.462. The van der Waals surface area contributed by atoms with Gasteiger partial charge < -0.3 is 15.7 Å². The first-order chi connectivity index (χ1) is 9.10. The number of oxime groups is 1. The normalized spacial score (nSPS) is 11.9. The highest BCUT2D eigenvalue weighted by atomic mass is 79.9. The van der Waals surface area contributed by atoms with Crippen LogP contribution in [0, 0.1) is 0 Å². The molecule has 0 atom stereocenters. The lowest BCUT2D eigenvalue weighted by Gasteiger charge is -2.20. The van der Waals surface area contributed by atoms with Gasteiger partial charge >= 0.3 is 0 Å². The summed E-state index contributed by atoms with van der Waals surface area (Å²) in [6.45, 7) is 4.57. The van der Waals surface area contributed by atoms with Crippen molar-refractivity contribution >= 4 is 21.8 Å². The topological polar surface area (TPSA) is 71.1 Å². The second-order valence-corrected chi connectivity index (χ2v) is 5.03. The van der Waals surface area contributed by atoms with Crippen LogP contribution in [0.25, 0.3) is 0 Å². The molecule has 0 aliphatic rings. The number of benzene rings is 1. The van der Waals surface area contributed by atoms with E-state index in [1.165, 1.54) is 5.56 Å². The predicted molar refractivity (Wildman–Crippen MR) is 79.7 cm³/mol. The smallest absolute Gasteiger partial charge is 0.140 e. The zero-order valence-electron chi connectivity index (χ0n) is 11.3. The van der Waals surface area contributed by atoms with Gasteiger partial charge in [-0.3, -0.25) is 4.90 Å². The van der Waals surface area contributed by atoms with Crippen molar-refractivity contribution in [2.45, 2.75) is 19.9 Å². The molecule has 0 saturated carbocycles. The molecule has 0 aliphatic heterocycles. The monoisotopic (exact) mass is 329 g/mol. The van der Waals surface area contributed by atoms with Gasteiger partial charge in [0, 0.05) is 19.5 Å². The van der Waals surface area contributed by atoms with E-state index >= 15 is 0 Å².